The van der Waals surface area contributed by atoms with Crippen molar-refractivity contribution in [1.82, 2.24) is 10.2 Å². The van der Waals surface area contributed by atoms with E-state index in [-0.39, 0.29) is 5.97 Å². The van der Waals surface area contributed by atoms with Gasteiger partial charge < -0.3 is 15.0 Å². The number of rotatable bonds is 9. The summed E-state index contributed by atoms with van der Waals surface area (Å²) in [5.41, 5.74) is 0.470. The summed E-state index contributed by atoms with van der Waals surface area (Å²) in [6, 6.07) is 0. The molecule has 4 heteroatoms. The van der Waals surface area contributed by atoms with E-state index < -0.39 is 0 Å². The standard InChI is InChI=1S/C16H32N2O2/c1-4-20-15(19)8-6-5-7-11-17-14-16(2)9-12-18(3)13-10-16/h17H,4-14H2,1-3H3. The normalized spacial score (nSPS) is 18.9. The smallest absolute Gasteiger partial charge is 0.305 e. The van der Waals surface area contributed by atoms with E-state index in [2.05, 4.69) is 24.2 Å². The minimum absolute atomic E-state index is 0.0562. The van der Waals surface area contributed by atoms with Crippen LogP contribution in [0.3, 0.4) is 0 Å². The van der Waals surface area contributed by atoms with Crippen LogP contribution in [-0.2, 0) is 9.53 Å². The summed E-state index contributed by atoms with van der Waals surface area (Å²) in [7, 11) is 2.20. The Labute approximate surface area is 124 Å². The highest BCUT2D eigenvalue weighted by molar-refractivity contribution is 5.69. The van der Waals surface area contributed by atoms with Crippen LogP contribution in [0.1, 0.15) is 52.4 Å². The predicted octanol–water partition coefficient (Wildman–Crippen LogP) is 2.43. The minimum Gasteiger partial charge on any atom is -0.466 e. The second-order valence-electron chi connectivity index (χ2n) is 6.41. The molecule has 0 radical (unpaired) electrons. The van der Waals surface area contributed by atoms with E-state index in [1.54, 1.807) is 0 Å². The summed E-state index contributed by atoms with van der Waals surface area (Å²) in [5, 5.41) is 3.59. The average molecular weight is 284 g/mol. The van der Waals surface area contributed by atoms with Crippen molar-refractivity contribution in [1.29, 1.82) is 0 Å². The summed E-state index contributed by atoms with van der Waals surface area (Å²) in [5.74, 6) is -0.0562. The van der Waals surface area contributed by atoms with Crippen LogP contribution in [0.5, 0.6) is 0 Å². The van der Waals surface area contributed by atoms with Gasteiger partial charge in [0.2, 0.25) is 0 Å². The largest absolute Gasteiger partial charge is 0.466 e. The van der Waals surface area contributed by atoms with Gasteiger partial charge in [0.1, 0.15) is 0 Å². The second kappa shape index (κ2) is 9.35. The van der Waals surface area contributed by atoms with Crippen LogP contribution in [-0.4, -0.2) is 50.7 Å². The predicted molar refractivity (Wildman–Crippen MR) is 82.8 cm³/mol. The minimum atomic E-state index is -0.0562. The molecule has 118 valence electrons. The molecule has 1 aliphatic rings. The van der Waals surface area contributed by atoms with Gasteiger partial charge in [-0.2, -0.15) is 0 Å². The molecular formula is C16H32N2O2. The number of ether oxygens (including phenoxy) is 1. The molecule has 1 N–H and O–H groups in total. The van der Waals surface area contributed by atoms with Gasteiger partial charge in [-0.15, -0.1) is 0 Å². The summed E-state index contributed by atoms with van der Waals surface area (Å²) in [4.78, 5) is 13.6. The Morgan fingerprint density at radius 3 is 2.60 bits per heavy atom. The van der Waals surface area contributed by atoms with E-state index in [4.69, 9.17) is 4.74 Å². The Morgan fingerprint density at radius 1 is 1.25 bits per heavy atom. The van der Waals surface area contributed by atoms with Gasteiger partial charge in [0.05, 0.1) is 6.61 Å². The molecular weight excluding hydrogens is 252 g/mol. The molecule has 1 aliphatic heterocycles. The van der Waals surface area contributed by atoms with E-state index in [9.17, 15) is 4.79 Å². The van der Waals surface area contributed by atoms with E-state index in [1.165, 1.54) is 25.9 Å². The Balaban J connectivity index is 1.95. The van der Waals surface area contributed by atoms with Gasteiger partial charge in [0, 0.05) is 13.0 Å². The summed E-state index contributed by atoms with van der Waals surface area (Å²) in [6.45, 7) is 9.37. The first kappa shape index (κ1) is 17.4. The van der Waals surface area contributed by atoms with Crippen molar-refractivity contribution >= 4 is 5.97 Å². The third kappa shape index (κ3) is 7.25. The maximum absolute atomic E-state index is 11.2. The monoisotopic (exact) mass is 284 g/mol. The molecule has 0 atom stereocenters. The third-order valence-corrected chi connectivity index (χ3v) is 4.29. The molecule has 4 nitrogen and oxygen atoms in total. The Morgan fingerprint density at radius 2 is 1.95 bits per heavy atom. The summed E-state index contributed by atoms with van der Waals surface area (Å²) < 4.78 is 4.91. The highest BCUT2D eigenvalue weighted by atomic mass is 16.5. The fourth-order valence-electron chi connectivity index (χ4n) is 2.65. The summed E-state index contributed by atoms with van der Waals surface area (Å²) in [6.07, 6.45) is 6.35. The molecule has 0 spiro atoms. The van der Waals surface area contributed by atoms with Gasteiger partial charge in [-0.05, 0) is 64.7 Å². The van der Waals surface area contributed by atoms with E-state index >= 15 is 0 Å². The van der Waals surface area contributed by atoms with Crippen LogP contribution in [0.2, 0.25) is 0 Å². The molecule has 1 saturated heterocycles. The Kier molecular flexibility index (Phi) is 8.15. The van der Waals surface area contributed by atoms with Crippen molar-refractivity contribution in [3.63, 3.8) is 0 Å². The van der Waals surface area contributed by atoms with Crippen molar-refractivity contribution in [2.75, 3.05) is 39.8 Å². The SMILES string of the molecule is CCOC(=O)CCCCCNCC1(C)CCN(C)CC1. The van der Waals surface area contributed by atoms with Gasteiger partial charge in [0.25, 0.3) is 0 Å². The molecule has 20 heavy (non-hydrogen) atoms. The molecule has 0 bridgehead atoms. The van der Waals surface area contributed by atoms with Crippen molar-refractivity contribution < 1.29 is 9.53 Å². The molecule has 0 aromatic rings. The first-order valence-corrected chi connectivity index (χ1v) is 8.11. The Bertz CT molecular complexity index is 274. The fourth-order valence-corrected chi connectivity index (χ4v) is 2.65. The van der Waals surface area contributed by atoms with Gasteiger partial charge in [-0.1, -0.05) is 13.3 Å². The first-order chi connectivity index (χ1) is 9.56. The molecule has 0 aromatic heterocycles. The van der Waals surface area contributed by atoms with Crippen LogP contribution < -0.4 is 5.32 Å². The zero-order valence-electron chi connectivity index (χ0n) is 13.5. The van der Waals surface area contributed by atoms with Crippen molar-refractivity contribution in [3.8, 4) is 0 Å². The summed E-state index contributed by atoms with van der Waals surface area (Å²) >= 11 is 0. The van der Waals surface area contributed by atoms with Gasteiger partial charge in [-0.3, -0.25) is 4.79 Å². The maximum Gasteiger partial charge on any atom is 0.305 e. The van der Waals surface area contributed by atoms with Gasteiger partial charge in [-0.25, -0.2) is 0 Å². The molecule has 1 heterocycles. The molecule has 0 aliphatic carbocycles. The molecule has 1 rings (SSSR count). The number of likely N-dealkylation sites (tertiary alicyclic amines) is 1. The number of unbranched alkanes of at least 4 members (excludes halogenated alkanes) is 2. The van der Waals surface area contributed by atoms with E-state index in [0.717, 1.165) is 32.4 Å². The van der Waals surface area contributed by atoms with Crippen molar-refractivity contribution in [2.45, 2.75) is 52.4 Å². The molecule has 1 fully saturated rings. The number of carbonyl (C=O) groups excluding carboxylic acids is 1. The number of nitrogens with one attached hydrogen (secondary N) is 1. The number of hydrogen-bond donors (Lipinski definition) is 1. The molecule has 0 unspecified atom stereocenters. The highest BCUT2D eigenvalue weighted by Gasteiger charge is 2.27. The zero-order valence-corrected chi connectivity index (χ0v) is 13.5. The third-order valence-electron chi connectivity index (χ3n) is 4.29. The Hall–Kier alpha value is -0.610. The van der Waals surface area contributed by atoms with Crippen molar-refractivity contribution in [3.05, 3.63) is 0 Å². The van der Waals surface area contributed by atoms with Crippen LogP contribution in [0.25, 0.3) is 0 Å². The topological polar surface area (TPSA) is 41.6 Å². The lowest BCUT2D eigenvalue weighted by atomic mass is 9.80. The lowest BCUT2D eigenvalue weighted by Crippen LogP contribution is -2.42. The zero-order chi connectivity index (χ0) is 14.8. The number of hydrogen-bond acceptors (Lipinski definition) is 4. The number of esters is 1. The number of nitrogens with zero attached hydrogens (tertiary/aromatic N) is 1. The van der Waals surface area contributed by atoms with Gasteiger partial charge >= 0.3 is 5.97 Å². The number of carbonyl (C=O) groups is 1. The second-order valence-corrected chi connectivity index (χ2v) is 6.41. The van der Waals surface area contributed by atoms with Crippen LogP contribution in [0.4, 0.5) is 0 Å². The maximum atomic E-state index is 11.2. The first-order valence-electron chi connectivity index (χ1n) is 8.11. The van der Waals surface area contributed by atoms with E-state index in [0.29, 0.717) is 18.4 Å². The number of piperidine rings is 1. The van der Waals surface area contributed by atoms with Crippen LogP contribution >= 0.6 is 0 Å². The lowest BCUT2D eigenvalue weighted by Gasteiger charge is -2.38. The highest BCUT2D eigenvalue weighted by Crippen LogP contribution is 2.29. The van der Waals surface area contributed by atoms with Crippen LogP contribution in [0, 0.1) is 5.41 Å². The van der Waals surface area contributed by atoms with E-state index in [1.807, 2.05) is 6.92 Å². The van der Waals surface area contributed by atoms with Gasteiger partial charge in [0.15, 0.2) is 0 Å². The van der Waals surface area contributed by atoms with Crippen LogP contribution in [0.15, 0.2) is 0 Å². The molecule has 0 saturated carbocycles. The molecule has 0 amide bonds. The lowest BCUT2D eigenvalue weighted by molar-refractivity contribution is -0.143. The fraction of sp³-hybridized carbons (Fsp3) is 0.938. The molecule has 0 aromatic carbocycles. The van der Waals surface area contributed by atoms with Crippen molar-refractivity contribution in [2.24, 2.45) is 5.41 Å². The average Bonchev–Trinajstić information content (AvgIpc) is 2.42. The quantitative estimate of drug-likeness (QED) is 0.521.